The minimum absolute atomic E-state index is 0.0888. The van der Waals surface area contributed by atoms with Gasteiger partial charge in [-0.05, 0) is 47.9 Å². The summed E-state index contributed by atoms with van der Waals surface area (Å²) < 4.78 is 28.4. The second-order valence-electron chi connectivity index (χ2n) is 8.53. The Morgan fingerprint density at radius 3 is 2.29 bits per heavy atom. The molecule has 2 aromatic carbocycles. The minimum Gasteiger partial charge on any atom is -0.377 e. The summed E-state index contributed by atoms with van der Waals surface area (Å²) in [7, 11) is 0.0468. The first-order chi connectivity index (χ1) is 14.4. The Morgan fingerprint density at radius 1 is 1.06 bits per heavy atom. The largest absolute Gasteiger partial charge is 0.377 e. The summed E-state index contributed by atoms with van der Waals surface area (Å²) in [5, 5.41) is 3.27. The quantitative estimate of drug-likeness (QED) is 0.574. The summed E-state index contributed by atoms with van der Waals surface area (Å²) in [4.78, 5) is 14.2. The van der Waals surface area contributed by atoms with Gasteiger partial charge in [-0.1, -0.05) is 45.4 Å². The van der Waals surface area contributed by atoms with Crippen LogP contribution in [-0.4, -0.2) is 39.3 Å². The maximum absolute atomic E-state index is 13.4. The number of rotatable bonds is 9. The number of hydrogen-bond donors (Lipinski definition) is 1. The van der Waals surface area contributed by atoms with E-state index in [0.29, 0.717) is 17.3 Å². The van der Waals surface area contributed by atoms with E-state index in [2.05, 4.69) is 5.32 Å². The zero-order chi connectivity index (χ0) is 23.3. The molecular formula is C23H32ClN3O3S. The van der Waals surface area contributed by atoms with Crippen LogP contribution < -0.4 is 10.2 Å². The first-order valence-electron chi connectivity index (χ1n) is 10.3. The first kappa shape index (κ1) is 25.2. The van der Waals surface area contributed by atoms with E-state index < -0.39 is 10.0 Å². The fourth-order valence-corrected chi connectivity index (χ4v) is 5.02. The van der Waals surface area contributed by atoms with Crippen molar-refractivity contribution in [3.8, 4) is 0 Å². The van der Waals surface area contributed by atoms with E-state index in [0.717, 1.165) is 11.3 Å². The lowest BCUT2D eigenvalue weighted by Gasteiger charge is -2.27. The monoisotopic (exact) mass is 465 g/mol. The summed E-state index contributed by atoms with van der Waals surface area (Å²) >= 11 is 6.05. The van der Waals surface area contributed by atoms with Gasteiger partial charge < -0.3 is 10.2 Å². The van der Waals surface area contributed by atoms with Gasteiger partial charge in [0.1, 0.15) is 0 Å². The zero-order valence-electron chi connectivity index (χ0n) is 19.0. The lowest BCUT2D eigenvalue weighted by molar-refractivity contribution is -0.118. The predicted octanol–water partition coefficient (Wildman–Crippen LogP) is 4.85. The Hall–Kier alpha value is -2.09. The van der Waals surface area contributed by atoms with Gasteiger partial charge in [-0.25, -0.2) is 8.42 Å². The molecule has 0 atom stereocenters. The Kier molecular flexibility index (Phi) is 8.51. The Labute approximate surface area is 191 Å². The van der Waals surface area contributed by atoms with Crippen molar-refractivity contribution in [3.63, 3.8) is 0 Å². The van der Waals surface area contributed by atoms with Crippen molar-refractivity contribution in [2.45, 2.75) is 39.1 Å². The minimum atomic E-state index is -3.77. The molecule has 0 unspecified atom stereocenters. The van der Waals surface area contributed by atoms with Crippen molar-refractivity contribution in [3.05, 3.63) is 53.1 Å². The van der Waals surface area contributed by atoms with E-state index in [9.17, 15) is 13.2 Å². The van der Waals surface area contributed by atoms with E-state index in [1.165, 1.54) is 10.4 Å². The lowest BCUT2D eigenvalue weighted by atomic mass is 10.1. The van der Waals surface area contributed by atoms with Crippen LogP contribution >= 0.6 is 11.6 Å². The van der Waals surface area contributed by atoms with E-state index in [1.807, 2.05) is 64.9 Å². The number of anilines is 2. The molecule has 6 nitrogen and oxygen atoms in total. The van der Waals surface area contributed by atoms with Crippen molar-refractivity contribution in [2.24, 2.45) is 11.8 Å². The highest BCUT2D eigenvalue weighted by Crippen LogP contribution is 2.28. The summed E-state index contributed by atoms with van der Waals surface area (Å²) in [6.07, 6.45) is 0. The van der Waals surface area contributed by atoms with E-state index in [4.69, 9.17) is 11.6 Å². The van der Waals surface area contributed by atoms with Crippen LogP contribution in [0, 0.1) is 11.8 Å². The van der Waals surface area contributed by atoms with Crippen LogP contribution in [0.5, 0.6) is 0 Å². The number of nitrogens with one attached hydrogen (secondary N) is 1. The standard InChI is InChI=1S/C23H32ClN3O3S/c1-16(2)14-27(31(29,30)21-9-7-8-19(24)13-21)15-18-12-20(25-23(28)17(3)4)10-11-22(18)26(5)6/h7-13,16-17H,14-15H2,1-6H3,(H,25,28). The molecular weight excluding hydrogens is 434 g/mol. The summed E-state index contributed by atoms with van der Waals surface area (Å²) in [6.45, 7) is 8.13. The number of sulfonamides is 1. The molecule has 0 saturated heterocycles. The molecule has 1 N–H and O–H groups in total. The molecule has 2 rings (SSSR count). The van der Waals surface area contributed by atoms with Gasteiger partial charge >= 0.3 is 0 Å². The second-order valence-corrected chi connectivity index (χ2v) is 10.9. The van der Waals surface area contributed by atoms with Gasteiger partial charge in [-0.2, -0.15) is 4.31 Å². The van der Waals surface area contributed by atoms with Gasteiger partial charge in [-0.3, -0.25) is 4.79 Å². The molecule has 0 bridgehead atoms. The number of amides is 1. The summed E-state index contributed by atoms with van der Waals surface area (Å²) in [6, 6.07) is 11.9. The average molecular weight is 466 g/mol. The van der Waals surface area contributed by atoms with Gasteiger partial charge in [0.05, 0.1) is 4.90 Å². The lowest BCUT2D eigenvalue weighted by Crippen LogP contribution is -2.34. The van der Waals surface area contributed by atoms with Crippen molar-refractivity contribution >= 4 is 38.9 Å². The number of carbonyl (C=O) groups is 1. The van der Waals surface area contributed by atoms with Crippen molar-refractivity contribution in [2.75, 3.05) is 30.9 Å². The number of hydrogen-bond acceptors (Lipinski definition) is 4. The molecule has 2 aromatic rings. The number of benzene rings is 2. The Bertz CT molecular complexity index is 1020. The molecule has 0 radical (unpaired) electrons. The van der Waals surface area contributed by atoms with Crippen LogP contribution in [-0.2, 0) is 21.4 Å². The molecule has 1 amide bonds. The van der Waals surface area contributed by atoms with Gasteiger partial charge in [0, 0.05) is 49.5 Å². The van der Waals surface area contributed by atoms with E-state index in [-0.39, 0.29) is 29.2 Å². The third-order valence-electron chi connectivity index (χ3n) is 4.70. The fourth-order valence-electron chi connectivity index (χ4n) is 3.13. The molecule has 31 heavy (non-hydrogen) atoms. The van der Waals surface area contributed by atoms with Crippen LogP contribution in [0.1, 0.15) is 33.3 Å². The van der Waals surface area contributed by atoms with Gasteiger partial charge in [0.25, 0.3) is 0 Å². The normalized spacial score (nSPS) is 11.9. The SMILES string of the molecule is CC(C)CN(Cc1cc(NC(=O)C(C)C)ccc1N(C)C)S(=O)(=O)c1cccc(Cl)c1. The highest BCUT2D eigenvalue weighted by molar-refractivity contribution is 7.89. The topological polar surface area (TPSA) is 69.7 Å². The molecule has 170 valence electrons. The number of carbonyl (C=O) groups excluding carboxylic acids is 1. The van der Waals surface area contributed by atoms with Crippen molar-refractivity contribution in [1.29, 1.82) is 0 Å². The molecule has 0 fully saturated rings. The van der Waals surface area contributed by atoms with Gasteiger partial charge in [0.15, 0.2) is 0 Å². The van der Waals surface area contributed by atoms with Gasteiger partial charge in [0.2, 0.25) is 15.9 Å². The third kappa shape index (κ3) is 6.69. The number of halogens is 1. The molecule has 0 heterocycles. The van der Waals surface area contributed by atoms with Crippen LogP contribution in [0.3, 0.4) is 0 Å². The van der Waals surface area contributed by atoms with Gasteiger partial charge in [-0.15, -0.1) is 0 Å². The maximum Gasteiger partial charge on any atom is 0.243 e. The fraction of sp³-hybridized carbons (Fsp3) is 0.435. The Morgan fingerprint density at radius 2 is 1.74 bits per heavy atom. The highest BCUT2D eigenvalue weighted by atomic mass is 35.5. The van der Waals surface area contributed by atoms with Crippen LogP contribution in [0.4, 0.5) is 11.4 Å². The Balaban J connectivity index is 2.49. The smallest absolute Gasteiger partial charge is 0.243 e. The maximum atomic E-state index is 13.4. The molecule has 0 aliphatic rings. The molecule has 0 saturated carbocycles. The number of nitrogens with zero attached hydrogens (tertiary/aromatic N) is 2. The molecule has 0 aromatic heterocycles. The average Bonchev–Trinajstić information content (AvgIpc) is 2.67. The third-order valence-corrected chi connectivity index (χ3v) is 6.75. The molecule has 0 aliphatic carbocycles. The highest BCUT2D eigenvalue weighted by Gasteiger charge is 2.27. The van der Waals surface area contributed by atoms with Crippen molar-refractivity contribution in [1.82, 2.24) is 4.31 Å². The molecule has 0 spiro atoms. The second kappa shape index (κ2) is 10.5. The summed E-state index contributed by atoms with van der Waals surface area (Å²) in [5.74, 6) is -0.118. The molecule has 0 aliphatic heterocycles. The van der Waals surface area contributed by atoms with Crippen molar-refractivity contribution < 1.29 is 13.2 Å². The first-order valence-corrected chi connectivity index (χ1v) is 12.1. The van der Waals surface area contributed by atoms with Crippen LogP contribution in [0.25, 0.3) is 0 Å². The molecule has 8 heteroatoms. The predicted molar refractivity (Wildman–Crippen MR) is 128 cm³/mol. The van der Waals surface area contributed by atoms with Crippen LogP contribution in [0.2, 0.25) is 5.02 Å². The zero-order valence-corrected chi connectivity index (χ0v) is 20.6. The summed E-state index contributed by atoms with van der Waals surface area (Å²) in [5.41, 5.74) is 2.33. The van der Waals surface area contributed by atoms with E-state index >= 15 is 0 Å². The van der Waals surface area contributed by atoms with E-state index in [1.54, 1.807) is 18.2 Å². The van der Waals surface area contributed by atoms with Crippen LogP contribution in [0.15, 0.2) is 47.4 Å².